The van der Waals surface area contributed by atoms with E-state index in [4.69, 9.17) is 0 Å². The summed E-state index contributed by atoms with van der Waals surface area (Å²) in [6, 6.07) is 40.0. The van der Waals surface area contributed by atoms with Crippen molar-refractivity contribution in [2.45, 2.75) is 23.0 Å². The number of aliphatic hydroxyl groups is 2. The maximum Gasteiger partial charge on any atom is 0.123 e. The van der Waals surface area contributed by atoms with Gasteiger partial charge in [-0.3, -0.25) is 0 Å². The van der Waals surface area contributed by atoms with Gasteiger partial charge in [0, 0.05) is 18.4 Å². The average molecular weight is 617 g/mol. The van der Waals surface area contributed by atoms with Crippen LogP contribution in [0.15, 0.2) is 133 Å². The maximum absolute atomic E-state index is 14.5. The van der Waals surface area contributed by atoms with E-state index in [0.717, 1.165) is 32.7 Å². The minimum absolute atomic E-state index is 0.326. The van der Waals surface area contributed by atoms with Crippen LogP contribution < -0.4 is 10.6 Å². The molecule has 3 unspecified atom stereocenters. The van der Waals surface area contributed by atoms with Crippen LogP contribution in [0.1, 0.15) is 34.1 Å². The minimum atomic E-state index is -1.85. The van der Waals surface area contributed by atoms with Gasteiger partial charge in [0.25, 0.3) is 0 Å². The smallest absolute Gasteiger partial charge is 0.123 e. The molecule has 0 aliphatic carbocycles. The van der Waals surface area contributed by atoms with Crippen molar-refractivity contribution in [3.63, 3.8) is 0 Å². The largest absolute Gasteiger partial charge is 0.396 e. The molecule has 6 aromatic rings. The van der Waals surface area contributed by atoms with Crippen molar-refractivity contribution in [2.75, 3.05) is 27.2 Å². The second-order valence-corrected chi connectivity index (χ2v) is 11.9. The number of aliphatic hydroxyl groups excluding tert-OH is 1. The van der Waals surface area contributed by atoms with Gasteiger partial charge in [0.2, 0.25) is 0 Å². The van der Waals surface area contributed by atoms with Crippen LogP contribution in [0.3, 0.4) is 0 Å². The predicted octanol–water partition coefficient (Wildman–Crippen LogP) is 7.35. The van der Waals surface area contributed by atoms with Crippen molar-refractivity contribution in [2.24, 2.45) is 0 Å². The Bertz CT molecular complexity index is 1950. The third-order valence-electron chi connectivity index (χ3n) is 9.55. The number of halogens is 2. The van der Waals surface area contributed by atoms with Crippen molar-refractivity contribution in [1.82, 2.24) is 10.6 Å². The summed E-state index contributed by atoms with van der Waals surface area (Å²) in [4.78, 5) is 0. The zero-order chi connectivity index (χ0) is 32.3. The van der Waals surface area contributed by atoms with E-state index in [1.165, 1.54) is 24.3 Å². The lowest BCUT2D eigenvalue weighted by atomic mass is 9.57. The molecule has 0 saturated heterocycles. The number of benzene rings is 6. The SMILES string of the molecule is CNC[C@H](c1ccc2ccccc2c1)C(O)(c1ccc(F)cc1)C(NC)(c1ccc(F)cc1)C(CO)c1ccc2ccccc2c1. The fourth-order valence-corrected chi connectivity index (χ4v) is 7.37. The molecular formula is C40H38F2N2O2. The molecule has 0 aliphatic rings. The van der Waals surface area contributed by atoms with E-state index >= 15 is 0 Å². The summed E-state index contributed by atoms with van der Waals surface area (Å²) in [5.41, 5.74) is -0.683. The van der Waals surface area contributed by atoms with Crippen molar-refractivity contribution in [1.29, 1.82) is 0 Å². The van der Waals surface area contributed by atoms with Gasteiger partial charge in [0.15, 0.2) is 0 Å². The van der Waals surface area contributed by atoms with Gasteiger partial charge >= 0.3 is 0 Å². The molecule has 4 N–H and O–H groups in total. The Hall–Kier alpha value is -4.46. The summed E-state index contributed by atoms with van der Waals surface area (Å²) in [5, 5.41) is 36.2. The molecule has 0 aliphatic heterocycles. The lowest BCUT2D eigenvalue weighted by molar-refractivity contribution is -0.102. The van der Waals surface area contributed by atoms with Crippen LogP contribution in [0.5, 0.6) is 0 Å². The maximum atomic E-state index is 14.5. The number of fused-ring (bicyclic) bond motifs is 2. The molecule has 0 saturated carbocycles. The number of hydrogen-bond acceptors (Lipinski definition) is 4. The van der Waals surface area contributed by atoms with Gasteiger partial charge < -0.3 is 20.8 Å². The lowest BCUT2D eigenvalue weighted by Gasteiger charge is -2.55. The normalized spacial score (nSPS) is 15.7. The standard InChI is InChI=1S/C40H38F2N2O2/c1-43-25-37(31-13-11-27-7-3-5-9-29(27)23-31)40(46,34-17-21-36(42)22-18-34)39(44-2,33-15-19-35(41)20-16-33)38(26-45)32-14-12-28-8-4-6-10-30(28)24-32/h3-24,37-38,43-46H,25-26H2,1-2H3/t37-,38?,39?,40?/m1/s1. The molecule has 234 valence electrons. The molecule has 0 aromatic heterocycles. The highest BCUT2D eigenvalue weighted by atomic mass is 19.1. The van der Waals surface area contributed by atoms with Crippen molar-refractivity contribution >= 4 is 21.5 Å². The third kappa shape index (κ3) is 5.37. The van der Waals surface area contributed by atoms with E-state index in [2.05, 4.69) is 16.7 Å². The molecule has 0 spiro atoms. The second-order valence-electron chi connectivity index (χ2n) is 11.9. The molecule has 0 radical (unpaired) electrons. The summed E-state index contributed by atoms with van der Waals surface area (Å²) >= 11 is 0. The Morgan fingerprint density at radius 2 is 1.04 bits per heavy atom. The fraction of sp³-hybridized carbons (Fsp3) is 0.200. The van der Waals surface area contributed by atoms with Crippen LogP contribution in [0.2, 0.25) is 0 Å². The first-order valence-electron chi connectivity index (χ1n) is 15.5. The van der Waals surface area contributed by atoms with Crippen LogP contribution in [-0.2, 0) is 11.1 Å². The number of nitrogens with one attached hydrogen (secondary N) is 2. The molecule has 6 aromatic carbocycles. The Kier molecular flexibility index (Phi) is 8.98. The fourth-order valence-electron chi connectivity index (χ4n) is 7.37. The Labute approximate surface area is 268 Å². The molecule has 0 heterocycles. The second kappa shape index (κ2) is 13.1. The molecule has 4 atom stereocenters. The van der Waals surface area contributed by atoms with E-state index in [1.54, 1.807) is 31.3 Å². The monoisotopic (exact) mass is 616 g/mol. The van der Waals surface area contributed by atoms with Crippen LogP contribution in [0, 0.1) is 11.6 Å². The summed E-state index contributed by atoms with van der Waals surface area (Å²) < 4.78 is 29.0. The topological polar surface area (TPSA) is 64.5 Å². The Balaban J connectivity index is 1.71. The van der Waals surface area contributed by atoms with Gasteiger partial charge in [-0.2, -0.15) is 0 Å². The van der Waals surface area contributed by atoms with Crippen LogP contribution in [0.25, 0.3) is 21.5 Å². The molecule has 0 amide bonds. The molecular weight excluding hydrogens is 578 g/mol. The number of likely N-dealkylation sites (N-methyl/N-ethyl adjacent to an activating group) is 2. The van der Waals surface area contributed by atoms with Crippen LogP contribution in [-0.4, -0.2) is 37.5 Å². The summed E-state index contributed by atoms with van der Waals surface area (Å²) in [5.74, 6) is -2.25. The quantitative estimate of drug-likeness (QED) is 0.123. The van der Waals surface area contributed by atoms with Gasteiger partial charge in [0.05, 0.1) is 12.1 Å². The summed E-state index contributed by atoms with van der Waals surface area (Å²) in [6.07, 6.45) is 0. The van der Waals surface area contributed by atoms with Crippen molar-refractivity contribution in [3.05, 3.63) is 167 Å². The van der Waals surface area contributed by atoms with Gasteiger partial charge in [-0.25, -0.2) is 8.78 Å². The highest BCUT2D eigenvalue weighted by Gasteiger charge is 2.60. The minimum Gasteiger partial charge on any atom is -0.396 e. The highest BCUT2D eigenvalue weighted by molar-refractivity contribution is 5.84. The zero-order valence-electron chi connectivity index (χ0n) is 25.9. The van der Waals surface area contributed by atoms with Gasteiger partial charge in [-0.1, -0.05) is 109 Å². The average Bonchev–Trinajstić information content (AvgIpc) is 3.09. The van der Waals surface area contributed by atoms with E-state index in [0.29, 0.717) is 17.7 Å². The first-order chi connectivity index (χ1) is 22.3. The number of rotatable bonds is 11. The Morgan fingerprint density at radius 1 is 0.587 bits per heavy atom. The van der Waals surface area contributed by atoms with Gasteiger partial charge in [-0.05, 0) is 82.2 Å². The molecule has 0 bridgehead atoms. The molecule has 4 nitrogen and oxygen atoms in total. The molecule has 6 rings (SSSR count). The van der Waals surface area contributed by atoms with E-state index in [9.17, 15) is 19.0 Å². The molecule has 6 heteroatoms. The van der Waals surface area contributed by atoms with Crippen molar-refractivity contribution in [3.8, 4) is 0 Å². The highest BCUT2D eigenvalue weighted by Crippen LogP contribution is 2.56. The summed E-state index contributed by atoms with van der Waals surface area (Å²) in [7, 11) is 3.57. The first kappa shape index (κ1) is 31.5. The third-order valence-corrected chi connectivity index (χ3v) is 9.55. The Morgan fingerprint density at radius 3 is 1.50 bits per heavy atom. The number of hydrogen-bond donors (Lipinski definition) is 4. The van der Waals surface area contributed by atoms with Crippen LogP contribution in [0.4, 0.5) is 8.78 Å². The first-order valence-corrected chi connectivity index (χ1v) is 15.5. The summed E-state index contributed by atoms with van der Waals surface area (Å²) in [6.45, 7) is -0.0310. The van der Waals surface area contributed by atoms with Gasteiger partial charge in [-0.15, -0.1) is 0 Å². The lowest BCUT2D eigenvalue weighted by Crippen LogP contribution is -2.64. The van der Waals surface area contributed by atoms with E-state index in [-0.39, 0.29) is 6.61 Å². The van der Waals surface area contributed by atoms with E-state index < -0.39 is 34.6 Å². The predicted molar refractivity (Wildman–Crippen MR) is 182 cm³/mol. The van der Waals surface area contributed by atoms with E-state index in [1.807, 2.05) is 85.9 Å². The van der Waals surface area contributed by atoms with Crippen molar-refractivity contribution < 1.29 is 19.0 Å². The van der Waals surface area contributed by atoms with Crippen LogP contribution >= 0.6 is 0 Å². The van der Waals surface area contributed by atoms with Gasteiger partial charge in [0.1, 0.15) is 17.2 Å². The molecule has 46 heavy (non-hydrogen) atoms. The zero-order valence-corrected chi connectivity index (χ0v) is 25.9. The molecule has 0 fully saturated rings.